The van der Waals surface area contributed by atoms with Crippen molar-refractivity contribution in [2.45, 2.75) is 50.4 Å². The van der Waals surface area contributed by atoms with Crippen LogP contribution in [0.4, 0.5) is 9.18 Å². The van der Waals surface area contributed by atoms with Gasteiger partial charge < -0.3 is 29.7 Å². The molecule has 0 spiro atoms. The Hall–Kier alpha value is -2.98. The second-order valence-electron chi connectivity index (χ2n) is 9.82. The number of carbonyl (C=O) groups is 2. The molecule has 3 N–H and O–H groups in total. The van der Waals surface area contributed by atoms with Crippen LogP contribution in [-0.2, 0) is 20.7 Å². The number of hydrogen-bond donors (Lipinski definition) is 3. The average molecular weight is 516 g/mol. The number of ether oxygens (including phenoxy) is 2. The zero-order valence-corrected chi connectivity index (χ0v) is 21.2. The number of carbonyl (C=O) groups excluding carboxylic acids is 2. The Morgan fingerprint density at radius 3 is 2.62 bits per heavy atom. The number of alkyl halides is 1. The van der Waals surface area contributed by atoms with E-state index in [1.165, 1.54) is 4.90 Å². The molecule has 0 radical (unpaired) electrons. The average Bonchev–Trinajstić information content (AvgIpc) is 3.26. The molecule has 1 aromatic carbocycles. The van der Waals surface area contributed by atoms with Crippen molar-refractivity contribution in [1.29, 1.82) is 5.26 Å². The highest BCUT2D eigenvalue weighted by atomic mass is 19.1. The van der Waals surface area contributed by atoms with E-state index in [2.05, 4.69) is 10.2 Å². The molecule has 2 amide bonds. The number of alkyl carbamates (subject to hydrolysis) is 1. The Morgan fingerprint density at radius 1 is 1.32 bits per heavy atom. The Morgan fingerprint density at radius 2 is 2.00 bits per heavy atom. The van der Waals surface area contributed by atoms with Gasteiger partial charge in [0.15, 0.2) is 0 Å². The molecule has 3 rings (SSSR count). The van der Waals surface area contributed by atoms with Gasteiger partial charge in [-0.05, 0) is 31.9 Å². The predicted octanol–water partition coefficient (Wildman–Crippen LogP) is 0.836. The summed E-state index contributed by atoms with van der Waals surface area (Å²) in [4.78, 5) is 28.9. The van der Waals surface area contributed by atoms with E-state index in [1.54, 1.807) is 30.3 Å². The van der Waals surface area contributed by atoms with E-state index in [0.29, 0.717) is 26.3 Å². The zero-order chi connectivity index (χ0) is 27.0. The van der Waals surface area contributed by atoms with E-state index in [4.69, 9.17) is 9.47 Å². The summed E-state index contributed by atoms with van der Waals surface area (Å²) in [5.74, 6) is -1.65. The monoisotopic (exact) mass is 516 g/mol. The van der Waals surface area contributed by atoms with Crippen molar-refractivity contribution < 1.29 is 33.5 Å². The van der Waals surface area contributed by atoms with E-state index in [1.807, 2.05) is 26.0 Å². The molecule has 1 aromatic rings. The predicted molar refractivity (Wildman–Crippen MR) is 134 cm³/mol. The molecule has 2 fully saturated rings. The van der Waals surface area contributed by atoms with Crippen LogP contribution in [0.2, 0.25) is 0 Å². The van der Waals surface area contributed by atoms with Crippen molar-refractivity contribution >= 4 is 19.1 Å². The molecule has 0 saturated carbocycles. The smallest absolute Gasteiger partial charge is 0.447 e. The van der Waals surface area contributed by atoms with Crippen molar-refractivity contribution in [2.24, 2.45) is 0 Å². The van der Waals surface area contributed by atoms with E-state index < -0.39 is 42.8 Å². The first-order valence-electron chi connectivity index (χ1n) is 12.3. The van der Waals surface area contributed by atoms with Gasteiger partial charge in [0.05, 0.1) is 31.7 Å². The molecule has 0 aromatic heterocycles. The molecule has 0 aliphatic carbocycles. The molecular weight excluding hydrogens is 482 g/mol. The number of nitriles is 1. The van der Waals surface area contributed by atoms with Crippen molar-refractivity contribution in [2.75, 3.05) is 39.5 Å². The van der Waals surface area contributed by atoms with Crippen molar-refractivity contribution in [3.63, 3.8) is 0 Å². The van der Waals surface area contributed by atoms with Crippen LogP contribution in [-0.4, -0.2) is 102 Å². The fraction of sp³-hybridized carbons (Fsp3) is 0.560. The minimum Gasteiger partial charge on any atom is -0.447 e. The van der Waals surface area contributed by atoms with Gasteiger partial charge in [-0.15, -0.1) is 0 Å². The Balaban J connectivity index is 1.62. The van der Waals surface area contributed by atoms with Crippen molar-refractivity contribution in [3.05, 3.63) is 47.5 Å². The molecule has 2 saturated heterocycles. The van der Waals surface area contributed by atoms with Crippen LogP contribution in [0.3, 0.4) is 0 Å². The highest BCUT2D eigenvalue weighted by Crippen LogP contribution is 2.25. The van der Waals surface area contributed by atoms with Crippen LogP contribution in [0, 0.1) is 11.3 Å². The third kappa shape index (κ3) is 8.00. The largest absolute Gasteiger partial charge is 0.475 e. The Labute approximate surface area is 216 Å². The minimum atomic E-state index is -1.83. The van der Waals surface area contributed by atoms with Gasteiger partial charge in [0.1, 0.15) is 24.4 Å². The molecule has 37 heavy (non-hydrogen) atoms. The van der Waals surface area contributed by atoms with Crippen molar-refractivity contribution in [3.8, 4) is 6.07 Å². The van der Waals surface area contributed by atoms with Crippen molar-refractivity contribution in [1.82, 2.24) is 15.1 Å². The standard InChI is InChI=1S/C25H34BFN4O6/c1-25(2,30-8-10-36-11-9-30)14-19(15-28)23(32)31-16-20(27)13-21(31)17-37-24(33)29-22(26(34)35)12-18-6-4-3-5-7-18/h3-7,14,20-22,34-35H,8-13,16-17H2,1-2H3,(H,29,33)/t20-,21+,22?/m0/s1. The number of likely N-dealkylation sites (tertiary alicyclic amines) is 1. The van der Waals surface area contributed by atoms with Crippen LogP contribution < -0.4 is 5.32 Å². The lowest BCUT2D eigenvalue weighted by atomic mass is 9.76. The second-order valence-corrected chi connectivity index (χ2v) is 9.82. The minimum absolute atomic E-state index is 0.0410. The first kappa shape index (κ1) is 28.6. The van der Waals surface area contributed by atoms with E-state index >= 15 is 0 Å². The maximum absolute atomic E-state index is 14.3. The summed E-state index contributed by atoms with van der Waals surface area (Å²) < 4.78 is 24.9. The van der Waals surface area contributed by atoms with Gasteiger partial charge >= 0.3 is 13.2 Å². The Bertz CT molecular complexity index is 997. The van der Waals surface area contributed by atoms with Crippen LogP contribution in [0.1, 0.15) is 25.8 Å². The SMILES string of the molecule is CC(C)(C=C(C#N)C(=O)N1C[C@@H](F)C[C@@H]1COC(=O)NC(Cc1ccccc1)B(O)O)N1CCOCC1. The summed E-state index contributed by atoms with van der Waals surface area (Å²) in [6.45, 7) is 5.72. The third-order valence-electron chi connectivity index (χ3n) is 6.67. The maximum Gasteiger partial charge on any atom is 0.475 e. The summed E-state index contributed by atoms with van der Waals surface area (Å²) in [7, 11) is -1.83. The molecular formula is C25H34BFN4O6. The highest BCUT2D eigenvalue weighted by Gasteiger charge is 2.39. The normalized spacial score (nSPS) is 21.7. The molecule has 200 valence electrons. The fourth-order valence-corrected chi connectivity index (χ4v) is 4.61. The van der Waals surface area contributed by atoms with Gasteiger partial charge in [0, 0.05) is 25.0 Å². The lowest BCUT2D eigenvalue weighted by Gasteiger charge is -2.39. The molecule has 2 heterocycles. The number of amides is 2. The molecule has 2 aliphatic rings. The van der Waals surface area contributed by atoms with Gasteiger partial charge in [-0.3, -0.25) is 9.69 Å². The fourth-order valence-electron chi connectivity index (χ4n) is 4.61. The van der Waals surface area contributed by atoms with Gasteiger partial charge in [0.2, 0.25) is 0 Å². The molecule has 12 heteroatoms. The van der Waals surface area contributed by atoms with Crippen LogP contribution in [0.15, 0.2) is 42.0 Å². The van der Waals surface area contributed by atoms with Crippen LogP contribution in [0.5, 0.6) is 0 Å². The number of halogens is 1. The number of morpholine rings is 1. The van der Waals surface area contributed by atoms with E-state index in [-0.39, 0.29) is 31.6 Å². The van der Waals surface area contributed by atoms with E-state index in [9.17, 15) is 29.3 Å². The summed E-state index contributed by atoms with van der Waals surface area (Å²) in [6, 6.07) is 10.2. The number of benzene rings is 1. The summed E-state index contributed by atoms with van der Waals surface area (Å²) in [5.41, 5.74) is 0.0837. The van der Waals surface area contributed by atoms with Gasteiger partial charge in [-0.1, -0.05) is 30.3 Å². The van der Waals surface area contributed by atoms with Crippen LogP contribution in [0.25, 0.3) is 0 Å². The number of nitrogens with one attached hydrogen (secondary N) is 1. The summed E-state index contributed by atoms with van der Waals surface area (Å²) in [6.07, 6.45) is -0.538. The lowest BCUT2D eigenvalue weighted by Crippen LogP contribution is -2.49. The lowest BCUT2D eigenvalue weighted by molar-refractivity contribution is -0.128. The molecule has 1 unspecified atom stereocenters. The quantitative estimate of drug-likeness (QED) is 0.250. The Kier molecular flexibility index (Phi) is 10.1. The first-order valence-corrected chi connectivity index (χ1v) is 12.3. The number of hydrogen-bond acceptors (Lipinski definition) is 8. The maximum atomic E-state index is 14.3. The third-order valence-corrected chi connectivity index (χ3v) is 6.67. The van der Waals surface area contributed by atoms with Gasteiger partial charge in [-0.2, -0.15) is 5.26 Å². The highest BCUT2D eigenvalue weighted by molar-refractivity contribution is 6.43. The van der Waals surface area contributed by atoms with Gasteiger partial charge in [0.25, 0.3) is 5.91 Å². The second kappa shape index (κ2) is 13.0. The van der Waals surface area contributed by atoms with E-state index in [0.717, 1.165) is 5.56 Å². The zero-order valence-electron chi connectivity index (χ0n) is 21.2. The number of rotatable bonds is 9. The molecule has 2 aliphatic heterocycles. The molecule has 10 nitrogen and oxygen atoms in total. The molecule has 0 bridgehead atoms. The summed E-state index contributed by atoms with van der Waals surface area (Å²) >= 11 is 0. The number of nitrogens with zero attached hydrogens (tertiary/aromatic N) is 3. The first-order chi connectivity index (χ1) is 17.6. The molecule has 3 atom stereocenters. The summed E-state index contributed by atoms with van der Waals surface area (Å²) in [5, 5.41) is 31.4. The van der Waals surface area contributed by atoms with Crippen LogP contribution >= 0.6 is 0 Å². The topological polar surface area (TPSA) is 135 Å². The van der Waals surface area contributed by atoms with Gasteiger partial charge in [-0.25, -0.2) is 9.18 Å².